The second kappa shape index (κ2) is 6.77. The largest absolute Gasteiger partial charge is 0.454 e. The maximum absolute atomic E-state index is 11.4. The summed E-state index contributed by atoms with van der Waals surface area (Å²) in [7, 11) is -8.16. The Morgan fingerprint density at radius 1 is 1.00 bits per heavy atom. The Morgan fingerprint density at radius 2 is 1.67 bits per heavy atom. The minimum Gasteiger partial charge on any atom is -0.454 e. The standard InChI is InChI=1S/C13H11Cl2NO6S2/c1-23(17,18)16-11-4-3-9(24(19,20)21)7-13(11)22-12-5-2-8(14)6-10(12)15/h2-7,16H,1H3,(H,19,20,21). The first-order chi connectivity index (χ1) is 11.0. The molecular formula is C13H11Cl2NO6S2. The van der Waals surface area contributed by atoms with Gasteiger partial charge in [0.2, 0.25) is 10.0 Å². The van der Waals surface area contributed by atoms with Crippen LogP contribution in [0.1, 0.15) is 0 Å². The fourth-order valence-electron chi connectivity index (χ4n) is 1.71. The Balaban J connectivity index is 2.54. The summed E-state index contributed by atoms with van der Waals surface area (Å²) in [5.74, 6) is -0.0510. The van der Waals surface area contributed by atoms with Gasteiger partial charge in [0.05, 0.1) is 21.9 Å². The molecule has 0 radical (unpaired) electrons. The minimum absolute atomic E-state index is 0.0316. The summed E-state index contributed by atoms with van der Waals surface area (Å²) < 4.78 is 62.2. The van der Waals surface area contributed by atoms with Gasteiger partial charge in [-0.1, -0.05) is 23.2 Å². The van der Waals surface area contributed by atoms with Crippen LogP contribution in [0.3, 0.4) is 0 Å². The molecule has 2 rings (SSSR count). The third-order valence-corrected chi connectivity index (χ3v) is 4.63. The molecule has 2 aromatic rings. The van der Waals surface area contributed by atoms with Gasteiger partial charge in [0.1, 0.15) is 5.75 Å². The average Bonchev–Trinajstić information content (AvgIpc) is 2.40. The van der Waals surface area contributed by atoms with Crippen molar-refractivity contribution in [2.75, 3.05) is 11.0 Å². The lowest BCUT2D eigenvalue weighted by Gasteiger charge is -2.14. The van der Waals surface area contributed by atoms with Gasteiger partial charge in [0.15, 0.2) is 5.75 Å². The van der Waals surface area contributed by atoms with Crippen molar-refractivity contribution in [2.45, 2.75) is 4.90 Å². The maximum atomic E-state index is 11.4. The molecule has 11 heteroatoms. The van der Waals surface area contributed by atoms with Crippen LogP contribution in [0.5, 0.6) is 11.5 Å². The zero-order chi connectivity index (χ0) is 18.1. The molecule has 0 aliphatic rings. The highest BCUT2D eigenvalue weighted by Crippen LogP contribution is 2.36. The summed E-state index contributed by atoms with van der Waals surface area (Å²) in [5.41, 5.74) is -0.0316. The number of benzene rings is 2. The van der Waals surface area contributed by atoms with Crippen molar-refractivity contribution in [2.24, 2.45) is 0 Å². The second-order valence-corrected chi connectivity index (χ2v) is 8.70. The van der Waals surface area contributed by atoms with E-state index in [-0.39, 0.29) is 22.2 Å². The van der Waals surface area contributed by atoms with E-state index >= 15 is 0 Å². The number of rotatable bonds is 5. The Hall–Kier alpha value is -1.52. The van der Waals surface area contributed by atoms with Crippen LogP contribution in [0.15, 0.2) is 41.3 Å². The van der Waals surface area contributed by atoms with E-state index in [9.17, 15) is 16.8 Å². The highest BCUT2D eigenvalue weighted by Gasteiger charge is 2.17. The minimum atomic E-state index is -4.51. The summed E-state index contributed by atoms with van der Waals surface area (Å²) in [6.07, 6.45) is 0.919. The van der Waals surface area contributed by atoms with E-state index in [0.29, 0.717) is 5.02 Å². The summed E-state index contributed by atoms with van der Waals surface area (Å²) in [5, 5.41) is 0.485. The molecular weight excluding hydrogens is 401 g/mol. The first-order valence-electron chi connectivity index (χ1n) is 6.18. The fraction of sp³-hybridized carbons (Fsp3) is 0.0769. The highest BCUT2D eigenvalue weighted by molar-refractivity contribution is 7.92. The van der Waals surface area contributed by atoms with Gasteiger partial charge in [0.25, 0.3) is 10.1 Å². The number of hydrogen-bond acceptors (Lipinski definition) is 5. The number of hydrogen-bond donors (Lipinski definition) is 2. The molecule has 0 unspecified atom stereocenters. The SMILES string of the molecule is CS(=O)(=O)Nc1ccc(S(=O)(=O)O)cc1Oc1ccc(Cl)cc1Cl. The monoisotopic (exact) mass is 411 g/mol. The first-order valence-corrected chi connectivity index (χ1v) is 10.3. The molecule has 0 saturated carbocycles. The molecule has 0 amide bonds. The highest BCUT2D eigenvalue weighted by atomic mass is 35.5. The van der Waals surface area contributed by atoms with Crippen LogP contribution < -0.4 is 9.46 Å². The first kappa shape index (κ1) is 18.8. The van der Waals surface area contributed by atoms with E-state index in [0.717, 1.165) is 24.5 Å². The Kier molecular flexibility index (Phi) is 5.31. The summed E-state index contributed by atoms with van der Waals surface area (Å²) >= 11 is 11.8. The molecule has 24 heavy (non-hydrogen) atoms. The molecule has 0 aliphatic carbocycles. The van der Waals surface area contributed by atoms with Gasteiger partial charge in [0, 0.05) is 11.1 Å². The van der Waals surface area contributed by atoms with E-state index in [4.69, 9.17) is 32.5 Å². The van der Waals surface area contributed by atoms with E-state index in [2.05, 4.69) is 4.72 Å². The van der Waals surface area contributed by atoms with Crippen LogP contribution in [0.4, 0.5) is 5.69 Å². The fourth-order valence-corrected chi connectivity index (χ4v) is 3.22. The molecule has 0 aromatic heterocycles. The van der Waals surface area contributed by atoms with Crippen molar-refractivity contribution in [3.8, 4) is 11.5 Å². The molecule has 0 saturated heterocycles. The zero-order valence-electron chi connectivity index (χ0n) is 12.0. The molecule has 2 aromatic carbocycles. The normalized spacial score (nSPS) is 12.0. The third-order valence-electron chi connectivity index (χ3n) is 2.66. The van der Waals surface area contributed by atoms with Crippen LogP contribution in [0.25, 0.3) is 0 Å². The van der Waals surface area contributed by atoms with Gasteiger partial charge in [-0.15, -0.1) is 0 Å². The van der Waals surface area contributed by atoms with Crippen molar-refractivity contribution < 1.29 is 26.1 Å². The van der Waals surface area contributed by atoms with Crippen molar-refractivity contribution in [3.63, 3.8) is 0 Å². The second-order valence-electron chi connectivity index (χ2n) is 4.68. The molecule has 130 valence electrons. The third kappa shape index (κ3) is 4.99. The van der Waals surface area contributed by atoms with Gasteiger partial charge in [-0.3, -0.25) is 9.27 Å². The number of nitrogens with one attached hydrogen (secondary N) is 1. The van der Waals surface area contributed by atoms with Crippen LogP contribution in [0, 0.1) is 0 Å². The molecule has 0 spiro atoms. The van der Waals surface area contributed by atoms with Gasteiger partial charge >= 0.3 is 0 Å². The Bertz CT molecular complexity index is 990. The lowest BCUT2D eigenvalue weighted by Crippen LogP contribution is -2.11. The van der Waals surface area contributed by atoms with Crippen molar-refractivity contribution in [1.29, 1.82) is 0 Å². The molecule has 0 atom stereocenters. The van der Waals surface area contributed by atoms with Crippen molar-refractivity contribution >= 4 is 49.0 Å². The number of sulfonamides is 1. The average molecular weight is 412 g/mol. The van der Waals surface area contributed by atoms with Gasteiger partial charge in [-0.2, -0.15) is 8.42 Å². The summed E-state index contributed by atoms with van der Waals surface area (Å²) in [6, 6.07) is 7.44. The van der Waals surface area contributed by atoms with E-state index in [1.54, 1.807) is 0 Å². The maximum Gasteiger partial charge on any atom is 0.294 e. The van der Waals surface area contributed by atoms with E-state index < -0.39 is 25.0 Å². The zero-order valence-corrected chi connectivity index (χ0v) is 15.2. The Labute approximate surface area is 149 Å². The molecule has 0 aliphatic heterocycles. The lowest BCUT2D eigenvalue weighted by molar-refractivity contribution is 0.473. The topological polar surface area (TPSA) is 110 Å². The summed E-state index contributed by atoms with van der Waals surface area (Å²) in [6.45, 7) is 0. The van der Waals surface area contributed by atoms with E-state index in [1.165, 1.54) is 18.2 Å². The van der Waals surface area contributed by atoms with Crippen LogP contribution in [-0.4, -0.2) is 27.6 Å². The Morgan fingerprint density at radius 3 is 2.21 bits per heavy atom. The quantitative estimate of drug-likeness (QED) is 0.729. The summed E-state index contributed by atoms with van der Waals surface area (Å²) in [4.78, 5) is -0.471. The van der Waals surface area contributed by atoms with Crippen LogP contribution >= 0.6 is 23.2 Å². The molecule has 0 bridgehead atoms. The molecule has 0 heterocycles. The van der Waals surface area contributed by atoms with Gasteiger partial charge in [-0.25, -0.2) is 8.42 Å². The van der Waals surface area contributed by atoms with Crippen LogP contribution in [-0.2, 0) is 20.1 Å². The molecule has 7 nitrogen and oxygen atoms in total. The van der Waals surface area contributed by atoms with E-state index in [1.807, 2.05) is 0 Å². The predicted octanol–water partition coefficient (Wildman–Crippen LogP) is 3.40. The van der Waals surface area contributed by atoms with Crippen molar-refractivity contribution in [1.82, 2.24) is 0 Å². The van der Waals surface area contributed by atoms with Crippen LogP contribution in [0.2, 0.25) is 10.0 Å². The predicted molar refractivity (Wildman–Crippen MR) is 91.3 cm³/mol. The van der Waals surface area contributed by atoms with Crippen molar-refractivity contribution in [3.05, 3.63) is 46.4 Å². The number of anilines is 1. The lowest BCUT2D eigenvalue weighted by atomic mass is 10.3. The molecule has 0 fully saturated rings. The number of halogens is 2. The smallest absolute Gasteiger partial charge is 0.294 e. The van der Waals surface area contributed by atoms with Gasteiger partial charge < -0.3 is 4.74 Å². The number of ether oxygens (including phenoxy) is 1. The van der Waals surface area contributed by atoms with Gasteiger partial charge in [-0.05, 0) is 30.3 Å². The molecule has 2 N–H and O–H groups in total.